The Hall–Kier alpha value is -0.470. The maximum Gasteiger partial charge on any atom is 0.0801 e. The molecule has 0 spiro atoms. The number of aliphatic hydroxyl groups is 1. The molecule has 0 aromatic heterocycles. The summed E-state index contributed by atoms with van der Waals surface area (Å²) in [6.07, 6.45) is 0.645. The van der Waals surface area contributed by atoms with Crippen molar-refractivity contribution in [3.8, 4) is 0 Å². The van der Waals surface area contributed by atoms with Crippen LogP contribution in [0.2, 0.25) is 0 Å². The van der Waals surface area contributed by atoms with Crippen LogP contribution in [0.4, 0.5) is 0 Å². The first-order chi connectivity index (χ1) is 6.27. The fraction of sp³-hybridized carbons (Fsp3) is 0.455. The molecule has 1 aliphatic heterocycles. The van der Waals surface area contributed by atoms with E-state index in [0.29, 0.717) is 0 Å². The van der Waals surface area contributed by atoms with Crippen LogP contribution in [0.3, 0.4) is 0 Å². The third-order valence-electron chi connectivity index (χ3n) is 2.45. The van der Waals surface area contributed by atoms with Gasteiger partial charge in [0.2, 0.25) is 0 Å². The van der Waals surface area contributed by atoms with Crippen LogP contribution < -0.4 is 0 Å². The molecule has 1 N–H and O–H groups in total. The highest BCUT2D eigenvalue weighted by atomic mass is 32.2. The molecular weight excluding hydrogens is 180 g/mol. The van der Waals surface area contributed by atoms with E-state index in [4.69, 9.17) is 0 Å². The van der Waals surface area contributed by atoms with Gasteiger partial charge in [-0.25, -0.2) is 0 Å². The molecule has 1 unspecified atom stereocenters. The van der Waals surface area contributed by atoms with Crippen LogP contribution in [0.15, 0.2) is 18.2 Å². The van der Waals surface area contributed by atoms with Crippen molar-refractivity contribution in [1.82, 2.24) is 0 Å². The second-order valence-corrected chi connectivity index (χ2v) is 4.66. The minimum Gasteiger partial charge on any atom is -0.388 e. The van der Waals surface area contributed by atoms with E-state index in [1.807, 2.05) is 11.8 Å². The average molecular weight is 194 g/mol. The zero-order valence-electron chi connectivity index (χ0n) is 7.79. The molecule has 0 bridgehead atoms. The van der Waals surface area contributed by atoms with E-state index in [1.54, 1.807) is 0 Å². The molecule has 70 valence electrons. The monoisotopic (exact) mass is 194 g/mol. The Morgan fingerprint density at radius 1 is 1.46 bits per heavy atom. The first-order valence-electron chi connectivity index (χ1n) is 4.62. The summed E-state index contributed by atoms with van der Waals surface area (Å²) >= 11 is 1.91. The number of hydrogen-bond donors (Lipinski definition) is 1. The van der Waals surface area contributed by atoms with Crippen molar-refractivity contribution in [2.24, 2.45) is 0 Å². The van der Waals surface area contributed by atoms with Gasteiger partial charge in [-0.15, -0.1) is 0 Å². The second-order valence-electron chi connectivity index (χ2n) is 3.56. The fourth-order valence-electron chi connectivity index (χ4n) is 1.69. The maximum absolute atomic E-state index is 9.85. The Kier molecular flexibility index (Phi) is 2.61. The van der Waals surface area contributed by atoms with Gasteiger partial charge in [0.05, 0.1) is 6.10 Å². The van der Waals surface area contributed by atoms with Gasteiger partial charge < -0.3 is 5.11 Å². The summed E-state index contributed by atoms with van der Waals surface area (Å²) < 4.78 is 0. The van der Waals surface area contributed by atoms with E-state index in [1.165, 1.54) is 11.1 Å². The number of rotatable bonds is 0. The summed E-state index contributed by atoms with van der Waals surface area (Å²) in [5.41, 5.74) is 3.69. The molecule has 2 rings (SSSR count). The SMILES string of the molecule is Cc1ccc2c(c1)C(O)CCSC2. The van der Waals surface area contributed by atoms with Crippen LogP contribution in [-0.2, 0) is 5.75 Å². The molecule has 13 heavy (non-hydrogen) atoms. The summed E-state index contributed by atoms with van der Waals surface area (Å²) in [5.74, 6) is 2.11. The third-order valence-corrected chi connectivity index (χ3v) is 3.49. The van der Waals surface area contributed by atoms with Crippen LogP contribution in [0.5, 0.6) is 0 Å². The third kappa shape index (κ3) is 1.89. The van der Waals surface area contributed by atoms with Crippen molar-refractivity contribution in [2.75, 3.05) is 5.75 Å². The first kappa shape index (κ1) is 9.10. The molecule has 0 fully saturated rings. The molecule has 0 saturated heterocycles. The summed E-state index contributed by atoms with van der Waals surface area (Å²) in [6, 6.07) is 6.38. The summed E-state index contributed by atoms with van der Waals surface area (Å²) in [5, 5.41) is 9.85. The van der Waals surface area contributed by atoms with E-state index < -0.39 is 0 Å². The topological polar surface area (TPSA) is 20.2 Å². The van der Waals surface area contributed by atoms with E-state index >= 15 is 0 Å². The molecule has 1 heterocycles. The first-order valence-corrected chi connectivity index (χ1v) is 5.78. The maximum atomic E-state index is 9.85. The van der Waals surface area contributed by atoms with E-state index in [9.17, 15) is 5.11 Å². The highest BCUT2D eigenvalue weighted by Gasteiger charge is 2.15. The van der Waals surface area contributed by atoms with Gasteiger partial charge in [-0.2, -0.15) is 11.8 Å². The van der Waals surface area contributed by atoms with Crippen molar-refractivity contribution in [3.63, 3.8) is 0 Å². The lowest BCUT2D eigenvalue weighted by atomic mass is 9.99. The minimum atomic E-state index is -0.245. The van der Waals surface area contributed by atoms with Crippen LogP contribution in [-0.4, -0.2) is 10.9 Å². The van der Waals surface area contributed by atoms with Gasteiger partial charge in [0.15, 0.2) is 0 Å². The van der Waals surface area contributed by atoms with Crippen molar-refractivity contribution in [3.05, 3.63) is 34.9 Å². The molecule has 0 saturated carbocycles. The Bertz CT molecular complexity index is 309. The van der Waals surface area contributed by atoms with Crippen LogP contribution >= 0.6 is 11.8 Å². The molecular formula is C11H14OS. The highest BCUT2D eigenvalue weighted by Crippen LogP contribution is 2.30. The van der Waals surface area contributed by atoms with E-state index in [2.05, 4.69) is 25.1 Å². The molecule has 0 radical (unpaired) electrons. The zero-order chi connectivity index (χ0) is 9.26. The lowest BCUT2D eigenvalue weighted by Gasteiger charge is -2.11. The molecule has 1 aliphatic rings. The van der Waals surface area contributed by atoms with E-state index in [-0.39, 0.29) is 6.10 Å². The Labute approximate surface area is 83.2 Å². The van der Waals surface area contributed by atoms with Gasteiger partial charge in [0.1, 0.15) is 0 Å². The van der Waals surface area contributed by atoms with Gasteiger partial charge in [0, 0.05) is 5.75 Å². The quantitative estimate of drug-likeness (QED) is 0.685. The van der Waals surface area contributed by atoms with Gasteiger partial charge in [-0.1, -0.05) is 23.8 Å². The van der Waals surface area contributed by atoms with Crippen LogP contribution in [0, 0.1) is 6.92 Å². The van der Waals surface area contributed by atoms with Gasteiger partial charge >= 0.3 is 0 Å². The summed E-state index contributed by atoms with van der Waals surface area (Å²) in [7, 11) is 0. The molecule has 0 amide bonds. The average Bonchev–Trinajstić information content (AvgIpc) is 2.29. The molecule has 1 atom stereocenters. The molecule has 1 aromatic carbocycles. The predicted octanol–water partition coefficient (Wildman–Crippen LogP) is 2.67. The lowest BCUT2D eigenvalue weighted by Crippen LogP contribution is -1.99. The number of thioether (sulfide) groups is 1. The van der Waals surface area contributed by atoms with Crippen LogP contribution in [0.1, 0.15) is 29.2 Å². The summed E-state index contributed by atoms with van der Waals surface area (Å²) in [6.45, 7) is 2.07. The van der Waals surface area contributed by atoms with E-state index in [0.717, 1.165) is 23.5 Å². The van der Waals surface area contributed by atoms with Crippen molar-refractivity contribution in [2.45, 2.75) is 25.2 Å². The predicted molar refractivity (Wildman–Crippen MR) is 56.9 cm³/mol. The largest absolute Gasteiger partial charge is 0.388 e. The highest BCUT2D eigenvalue weighted by molar-refractivity contribution is 7.98. The molecule has 0 aliphatic carbocycles. The standard InChI is InChI=1S/C11H14OS/c1-8-2-3-9-7-13-5-4-11(12)10(9)6-8/h2-3,6,11-12H,4-5,7H2,1H3. The van der Waals surface area contributed by atoms with Crippen molar-refractivity contribution < 1.29 is 5.11 Å². The smallest absolute Gasteiger partial charge is 0.0801 e. The lowest BCUT2D eigenvalue weighted by molar-refractivity contribution is 0.175. The summed E-state index contributed by atoms with van der Waals surface area (Å²) in [4.78, 5) is 0. The minimum absolute atomic E-state index is 0.245. The molecule has 1 nitrogen and oxygen atoms in total. The number of aryl methyl sites for hydroxylation is 1. The molecule has 2 heteroatoms. The Balaban J connectivity index is 2.43. The second kappa shape index (κ2) is 3.72. The van der Waals surface area contributed by atoms with Crippen LogP contribution in [0.25, 0.3) is 0 Å². The van der Waals surface area contributed by atoms with Crippen molar-refractivity contribution in [1.29, 1.82) is 0 Å². The van der Waals surface area contributed by atoms with Gasteiger partial charge in [0.25, 0.3) is 0 Å². The fourth-order valence-corrected chi connectivity index (χ4v) is 2.71. The van der Waals surface area contributed by atoms with Crippen molar-refractivity contribution >= 4 is 11.8 Å². The molecule has 1 aromatic rings. The zero-order valence-corrected chi connectivity index (χ0v) is 8.60. The number of benzene rings is 1. The Morgan fingerprint density at radius 2 is 2.31 bits per heavy atom. The number of aliphatic hydroxyl groups excluding tert-OH is 1. The van der Waals surface area contributed by atoms with Gasteiger partial charge in [-0.05, 0) is 30.2 Å². The Morgan fingerprint density at radius 3 is 3.15 bits per heavy atom. The normalized spacial score (nSPS) is 22.2. The number of hydrogen-bond acceptors (Lipinski definition) is 2. The number of fused-ring (bicyclic) bond motifs is 1. The van der Waals surface area contributed by atoms with Gasteiger partial charge in [-0.3, -0.25) is 0 Å².